The van der Waals surface area contributed by atoms with Gasteiger partial charge in [0, 0.05) is 12.1 Å². The molecule has 1 N–H and O–H groups in total. The topological polar surface area (TPSA) is 47.6 Å². The van der Waals surface area contributed by atoms with Gasteiger partial charge in [-0.05, 0) is 24.6 Å². The molecule has 0 atom stereocenters. The molecular weight excluding hydrogens is 230 g/mol. The molecule has 0 aliphatic carbocycles. The Balaban J connectivity index is 2.83. The first-order valence-corrected chi connectivity index (χ1v) is 5.92. The molecule has 0 aromatic heterocycles. The third-order valence-corrected chi connectivity index (χ3v) is 2.32. The molecule has 4 heteroatoms. The van der Waals surface area contributed by atoms with Crippen LogP contribution in [0.5, 0.6) is 11.5 Å². The summed E-state index contributed by atoms with van der Waals surface area (Å²) < 4.78 is 10.6. The second-order valence-electron chi connectivity index (χ2n) is 3.72. The van der Waals surface area contributed by atoms with E-state index in [1.165, 1.54) is 0 Å². The number of benzene rings is 1. The van der Waals surface area contributed by atoms with E-state index in [-0.39, 0.29) is 5.91 Å². The smallest absolute Gasteiger partial charge is 0.251 e. The van der Waals surface area contributed by atoms with Crippen LogP contribution in [0.2, 0.25) is 0 Å². The van der Waals surface area contributed by atoms with Crippen molar-refractivity contribution in [2.75, 3.05) is 20.3 Å². The molecule has 1 amide bonds. The highest BCUT2D eigenvalue weighted by Crippen LogP contribution is 2.28. The lowest BCUT2D eigenvalue weighted by atomic mass is 10.2. The van der Waals surface area contributed by atoms with Gasteiger partial charge in [-0.25, -0.2) is 0 Å². The van der Waals surface area contributed by atoms with Crippen LogP contribution in [0.3, 0.4) is 0 Å². The molecule has 0 saturated heterocycles. The van der Waals surface area contributed by atoms with Crippen LogP contribution >= 0.6 is 0 Å². The minimum absolute atomic E-state index is 0.106. The van der Waals surface area contributed by atoms with Crippen LogP contribution in [-0.2, 0) is 0 Å². The molecule has 0 fully saturated rings. The van der Waals surface area contributed by atoms with Crippen molar-refractivity contribution in [3.05, 3.63) is 36.4 Å². The fraction of sp³-hybridized carbons (Fsp3) is 0.357. The van der Waals surface area contributed by atoms with E-state index in [0.29, 0.717) is 30.2 Å². The van der Waals surface area contributed by atoms with Crippen molar-refractivity contribution in [1.82, 2.24) is 5.32 Å². The SMILES string of the molecule is C=CCOc1ccc(C(=O)NCCC)cc1OC. The van der Waals surface area contributed by atoms with Crippen molar-refractivity contribution in [3.63, 3.8) is 0 Å². The standard InChI is InChI=1S/C14H19NO3/c1-4-8-15-14(16)11-6-7-12(18-9-5-2)13(10-11)17-3/h5-7,10H,2,4,8-9H2,1,3H3,(H,15,16). The zero-order chi connectivity index (χ0) is 13.4. The van der Waals surface area contributed by atoms with Crippen molar-refractivity contribution < 1.29 is 14.3 Å². The molecule has 0 bridgehead atoms. The number of carbonyl (C=O) groups excluding carboxylic acids is 1. The molecule has 0 saturated carbocycles. The number of nitrogens with one attached hydrogen (secondary N) is 1. The molecule has 4 nitrogen and oxygen atoms in total. The predicted octanol–water partition coefficient (Wildman–Crippen LogP) is 2.40. The van der Waals surface area contributed by atoms with Crippen LogP contribution in [-0.4, -0.2) is 26.2 Å². The van der Waals surface area contributed by atoms with Crippen molar-refractivity contribution >= 4 is 5.91 Å². The average Bonchev–Trinajstić information content (AvgIpc) is 2.42. The lowest BCUT2D eigenvalue weighted by Crippen LogP contribution is -2.23. The number of methoxy groups -OCH3 is 1. The number of carbonyl (C=O) groups is 1. The van der Waals surface area contributed by atoms with Crippen LogP contribution in [0, 0.1) is 0 Å². The van der Waals surface area contributed by atoms with E-state index < -0.39 is 0 Å². The van der Waals surface area contributed by atoms with E-state index in [2.05, 4.69) is 11.9 Å². The van der Waals surface area contributed by atoms with Gasteiger partial charge in [-0.3, -0.25) is 4.79 Å². The number of hydrogen-bond acceptors (Lipinski definition) is 3. The molecule has 1 rings (SSSR count). The number of amides is 1. The Labute approximate surface area is 108 Å². The van der Waals surface area contributed by atoms with Crippen LogP contribution in [0.15, 0.2) is 30.9 Å². The van der Waals surface area contributed by atoms with E-state index in [9.17, 15) is 4.79 Å². The summed E-state index contributed by atoms with van der Waals surface area (Å²) in [5.74, 6) is 1.04. The maximum absolute atomic E-state index is 11.8. The summed E-state index contributed by atoms with van der Waals surface area (Å²) in [5, 5.41) is 2.81. The Hall–Kier alpha value is -1.97. The summed E-state index contributed by atoms with van der Waals surface area (Å²) in [6.45, 7) is 6.65. The van der Waals surface area contributed by atoms with Crippen LogP contribution in [0.25, 0.3) is 0 Å². The minimum Gasteiger partial charge on any atom is -0.493 e. The first-order chi connectivity index (χ1) is 8.72. The Kier molecular flexibility index (Phi) is 5.77. The molecule has 0 radical (unpaired) electrons. The van der Waals surface area contributed by atoms with Gasteiger partial charge in [-0.15, -0.1) is 0 Å². The van der Waals surface area contributed by atoms with Gasteiger partial charge >= 0.3 is 0 Å². The molecule has 0 aliphatic rings. The lowest BCUT2D eigenvalue weighted by Gasteiger charge is -2.11. The van der Waals surface area contributed by atoms with Gasteiger partial charge in [-0.2, -0.15) is 0 Å². The molecular formula is C14H19NO3. The highest BCUT2D eigenvalue weighted by atomic mass is 16.5. The van der Waals surface area contributed by atoms with Gasteiger partial charge in [0.25, 0.3) is 5.91 Å². The van der Waals surface area contributed by atoms with E-state index in [4.69, 9.17) is 9.47 Å². The van der Waals surface area contributed by atoms with Gasteiger partial charge < -0.3 is 14.8 Å². The first kappa shape index (κ1) is 14.1. The fourth-order valence-corrected chi connectivity index (χ4v) is 1.42. The predicted molar refractivity (Wildman–Crippen MR) is 71.3 cm³/mol. The van der Waals surface area contributed by atoms with Crippen molar-refractivity contribution in [2.45, 2.75) is 13.3 Å². The Morgan fingerprint density at radius 2 is 2.22 bits per heavy atom. The van der Waals surface area contributed by atoms with E-state index in [1.807, 2.05) is 6.92 Å². The third-order valence-electron chi connectivity index (χ3n) is 2.32. The first-order valence-electron chi connectivity index (χ1n) is 5.92. The van der Waals surface area contributed by atoms with E-state index in [1.54, 1.807) is 31.4 Å². The van der Waals surface area contributed by atoms with Crippen molar-refractivity contribution in [3.8, 4) is 11.5 Å². The quantitative estimate of drug-likeness (QED) is 0.755. The van der Waals surface area contributed by atoms with Crippen LogP contribution < -0.4 is 14.8 Å². The number of ether oxygens (including phenoxy) is 2. The monoisotopic (exact) mass is 249 g/mol. The maximum atomic E-state index is 11.8. The molecule has 0 aliphatic heterocycles. The van der Waals surface area contributed by atoms with Crippen LogP contribution in [0.4, 0.5) is 0 Å². The molecule has 1 aromatic carbocycles. The van der Waals surface area contributed by atoms with Crippen molar-refractivity contribution in [1.29, 1.82) is 0 Å². The molecule has 0 unspecified atom stereocenters. The second kappa shape index (κ2) is 7.37. The summed E-state index contributed by atoms with van der Waals surface area (Å²) in [6.07, 6.45) is 2.56. The lowest BCUT2D eigenvalue weighted by molar-refractivity contribution is 0.0953. The zero-order valence-electron chi connectivity index (χ0n) is 10.9. The maximum Gasteiger partial charge on any atom is 0.251 e. The number of hydrogen-bond donors (Lipinski definition) is 1. The molecule has 0 heterocycles. The Bertz CT molecular complexity index is 416. The van der Waals surface area contributed by atoms with Gasteiger partial charge in [0.05, 0.1) is 7.11 Å². The normalized spacial score (nSPS) is 9.67. The Morgan fingerprint density at radius 1 is 1.44 bits per heavy atom. The summed E-state index contributed by atoms with van der Waals surface area (Å²) in [5.41, 5.74) is 0.561. The van der Waals surface area contributed by atoms with Gasteiger partial charge in [0.1, 0.15) is 6.61 Å². The fourth-order valence-electron chi connectivity index (χ4n) is 1.42. The Morgan fingerprint density at radius 3 is 2.83 bits per heavy atom. The highest BCUT2D eigenvalue weighted by Gasteiger charge is 2.10. The van der Waals surface area contributed by atoms with Gasteiger partial charge in [0.15, 0.2) is 11.5 Å². The van der Waals surface area contributed by atoms with Gasteiger partial charge in [-0.1, -0.05) is 19.6 Å². The highest BCUT2D eigenvalue weighted by molar-refractivity contribution is 5.94. The summed E-state index contributed by atoms with van der Waals surface area (Å²) >= 11 is 0. The van der Waals surface area contributed by atoms with Crippen LogP contribution in [0.1, 0.15) is 23.7 Å². The molecule has 1 aromatic rings. The van der Waals surface area contributed by atoms with E-state index >= 15 is 0 Å². The van der Waals surface area contributed by atoms with E-state index in [0.717, 1.165) is 6.42 Å². The molecule has 0 spiro atoms. The summed E-state index contributed by atoms with van der Waals surface area (Å²) in [4.78, 5) is 11.8. The van der Waals surface area contributed by atoms with Crippen molar-refractivity contribution in [2.24, 2.45) is 0 Å². The molecule has 98 valence electrons. The second-order valence-corrected chi connectivity index (χ2v) is 3.72. The molecule has 18 heavy (non-hydrogen) atoms. The summed E-state index contributed by atoms with van der Waals surface area (Å²) in [6, 6.07) is 5.11. The zero-order valence-corrected chi connectivity index (χ0v) is 10.9. The average molecular weight is 249 g/mol. The minimum atomic E-state index is -0.106. The third kappa shape index (κ3) is 3.80. The number of rotatable bonds is 7. The largest absolute Gasteiger partial charge is 0.493 e. The van der Waals surface area contributed by atoms with Gasteiger partial charge in [0.2, 0.25) is 0 Å². The summed E-state index contributed by atoms with van der Waals surface area (Å²) in [7, 11) is 1.55.